The number of hydrogen-bond acceptors (Lipinski definition) is 2. The summed E-state index contributed by atoms with van der Waals surface area (Å²) in [5.74, 6) is 0.466. The Morgan fingerprint density at radius 2 is 2.08 bits per heavy atom. The van der Waals surface area contributed by atoms with Crippen molar-refractivity contribution in [2.45, 2.75) is 26.8 Å². The van der Waals surface area contributed by atoms with E-state index in [-0.39, 0.29) is 6.04 Å². The molecule has 12 heavy (non-hydrogen) atoms. The largest absolute Gasteiger partial charge is 0.324 e. The highest BCUT2D eigenvalue weighted by molar-refractivity contribution is 5.19. The number of nitrogens with zero attached hydrogens (tertiary/aromatic N) is 2. The number of aryl methyl sites for hydroxylation is 2. The Kier molecular flexibility index (Phi) is 2.52. The molecule has 0 aliphatic rings. The van der Waals surface area contributed by atoms with Gasteiger partial charge in [-0.2, -0.15) is 5.10 Å². The van der Waals surface area contributed by atoms with Gasteiger partial charge in [0.1, 0.15) is 0 Å². The van der Waals surface area contributed by atoms with Crippen LogP contribution >= 0.6 is 0 Å². The molecule has 1 aromatic rings. The second-order valence-corrected chi connectivity index (χ2v) is 3.61. The lowest BCUT2D eigenvalue weighted by molar-refractivity contribution is 0.512. The molecule has 3 heteroatoms. The summed E-state index contributed by atoms with van der Waals surface area (Å²) in [5.41, 5.74) is 8.20. The van der Waals surface area contributed by atoms with Crippen LogP contribution in [0.25, 0.3) is 0 Å². The molecular formula is C9H17N3. The summed E-state index contributed by atoms with van der Waals surface area (Å²) in [4.78, 5) is 0. The molecule has 1 aromatic heterocycles. The third-order valence-corrected chi connectivity index (χ3v) is 2.13. The maximum atomic E-state index is 6.00. The van der Waals surface area contributed by atoms with Gasteiger partial charge in [-0.3, -0.25) is 4.68 Å². The van der Waals surface area contributed by atoms with Gasteiger partial charge in [0, 0.05) is 24.8 Å². The van der Waals surface area contributed by atoms with Crippen LogP contribution in [0.4, 0.5) is 0 Å². The Balaban J connectivity index is 2.94. The van der Waals surface area contributed by atoms with Crippen molar-refractivity contribution in [2.75, 3.05) is 0 Å². The average Bonchev–Trinajstić information content (AvgIpc) is 2.28. The molecule has 68 valence electrons. The smallest absolute Gasteiger partial charge is 0.0641 e. The third kappa shape index (κ3) is 1.67. The standard InChI is InChI=1S/C9H17N3/c1-6(2)9(10)8-5-12(4)11-7(8)3/h5-6,9H,10H2,1-4H3. The number of aromatic nitrogens is 2. The molecule has 2 N–H and O–H groups in total. The molecule has 3 nitrogen and oxygen atoms in total. The van der Waals surface area contributed by atoms with Gasteiger partial charge in [0.2, 0.25) is 0 Å². The van der Waals surface area contributed by atoms with Crippen molar-refractivity contribution < 1.29 is 0 Å². The van der Waals surface area contributed by atoms with Gasteiger partial charge in [-0.1, -0.05) is 13.8 Å². The van der Waals surface area contributed by atoms with Crippen molar-refractivity contribution in [3.63, 3.8) is 0 Å². The van der Waals surface area contributed by atoms with Crippen LogP contribution in [-0.2, 0) is 7.05 Å². The lowest BCUT2D eigenvalue weighted by Crippen LogP contribution is -2.16. The second kappa shape index (κ2) is 3.27. The molecule has 1 rings (SSSR count). The van der Waals surface area contributed by atoms with E-state index in [4.69, 9.17) is 5.73 Å². The monoisotopic (exact) mass is 167 g/mol. The average molecular weight is 167 g/mol. The third-order valence-electron chi connectivity index (χ3n) is 2.13. The fourth-order valence-corrected chi connectivity index (χ4v) is 1.30. The molecule has 0 spiro atoms. The summed E-state index contributed by atoms with van der Waals surface area (Å²) in [6, 6.07) is 0.110. The highest BCUT2D eigenvalue weighted by Crippen LogP contribution is 2.20. The van der Waals surface area contributed by atoms with Crippen molar-refractivity contribution in [3.8, 4) is 0 Å². The minimum Gasteiger partial charge on any atom is -0.324 e. The fraction of sp³-hybridized carbons (Fsp3) is 0.667. The first-order valence-electron chi connectivity index (χ1n) is 4.28. The second-order valence-electron chi connectivity index (χ2n) is 3.61. The van der Waals surface area contributed by atoms with Crippen LogP contribution in [0.2, 0.25) is 0 Å². The van der Waals surface area contributed by atoms with Gasteiger partial charge in [0.25, 0.3) is 0 Å². The van der Waals surface area contributed by atoms with E-state index < -0.39 is 0 Å². The topological polar surface area (TPSA) is 43.8 Å². The lowest BCUT2D eigenvalue weighted by atomic mass is 9.98. The van der Waals surface area contributed by atoms with E-state index in [0.29, 0.717) is 5.92 Å². The molecule has 1 heterocycles. The Hall–Kier alpha value is -0.830. The van der Waals surface area contributed by atoms with E-state index in [0.717, 1.165) is 11.3 Å². The van der Waals surface area contributed by atoms with E-state index >= 15 is 0 Å². The number of rotatable bonds is 2. The van der Waals surface area contributed by atoms with Crippen LogP contribution in [0.3, 0.4) is 0 Å². The van der Waals surface area contributed by atoms with Gasteiger partial charge in [-0.25, -0.2) is 0 Å². The zero-order chi connectivity index (χ0) is 9.30. The molecule has 1 atom stereocenters. The SMILES string of the molecule is Cc1nn(C)cc1C(N)C(C)C. The molecule has 0 fully saturated rings. The minimum atomic E-state index is 0.110. The van der Waals surface area contributed by atoms with Gasteiger partial charge >= 0.3 is 0 Å². The maximum Gasteiger partial charge on any atom is 0.0641 e. The predicted octanol–water partition coefficient (Wildman–Crippen LogP) is 1.38. The zero-order valence-electron chi connectivity index (χ0n) is 8.20. The van der Waals surface area contributed by atoms with Crippen LogP contribution in [0, 0.1) is 12.8 Å². The summed E-state index contributed by atoms with van der Waals surface area (Å²) in [7, 11) is 1.92. The van der Waals surface area contributed by atoms with E-state index in [1.807, 2.05) is 24.9 Å². The summed E-state index contributed by atoms with van der Waals surface area (Å²) in [6.45, 7) is 6.24. The van der Waals surface area contributed by atoms with Crippen molar-refractivity contribution >= 4 is 0 Å². The summed E-state index contributed by atoms with van der Waals surface area (Å²) >= 11 is 0. The van der Waals surface area contributed by atoms with Gasteiger partial charge in [0.15, 0.2) is 0 Å². The Bertz CT molecular complexity index is 263. The van der Waals surface area contributed by atoms with Gasteiger partial charge < -0.3 is 5.73 Å². The normalized spacial score (nSPS) is 13.8. The molecule has 0 saturated carbocycles. The molecular weight excluding hydrogens is 150 g/mol. The quantitative estimate of drug-likeness (QED) is 0.723. The molecule has 0 bridgehead atoms. The molecule has 0 aliphatic carbocycles. The van der Waals surface area contributed by atoms with Gasteiger partial charge in [-0.15, -0.1) is 0 Å². The molecule has 1 unspecified atom stereocenters. The fourth-order valence-electron chi connectivity index (χ4n) is 1.30. The highest BCUT2D eigenvalue weighted by atomic mass is 15.2. The number of hydrogen-bond donors (Lipinski definition) is 1. The summed E-state index contributed by atoms with van der Waals surface area (Å²) in [6.07, 6.45) is 2.00. The van der Waals surface area contributed by atoms with Crippen molar-refractivity contribution in [1.82, 2.24) is 9.78 Å². The van der Waals surface area contributed by atoms with Crippen molar-refractivity contribution in [2.24, 2.45) is 18.7 Å². The van der Waals surface area contributed by atoms with Crippen molar-refractivity contribution in [3.05, 3.63) is 17.5 Å². The molecule has 0 radical (unpaired) electrons. The first kappa shape index (κ1) is 9.26. The van der Waals surface area contributed by atoms with Crippen LogP contribution < -0.4 is 5.73 Å². The first-order chi connectivity index (χ1) is 5.52. The Morgan fingerprint density at radius 3 is 2.42 bits per heavy atom. The summed E-state index contributed by atoms with van der Waals surface area (Å²) < 4.78 is 1.81. The Morgan fingerprint density at radius 1 is 1.50 bits per heavy atom. The lowest BCUT2D eigenvalue weighted by Gasteiger charge is -2.13. The zero-order valence-corrected chi connectivity index (χ0v) is 8.20. The van der Waals surface area contributed by atoms with E-state index in [9.17, 15) is 0 Å². The molecule has 0 amide bonds. The van der Waals surface area contributed by atoms with Crippen molar-refractivity contribution in [1.29, 1.82) is 0 Å². The van der Waals surface area contributed by atoms with Crippen LogP contribution in [0.15, 0.2) is 6.20 Å². The van der Waals surface area contributed by atoms with E-state index in [1.165, 1.54) is 0 Å². The van der Waals surface area contributed by atoms with Crippen LogP contribution in [-0.4, -0.2) is 9.78 Å². The number of nitrogens with two attached hydrogens (primary N) is 1. The van der Waals surface area contributed by atoms with Gasteiger partial charge in [-0.05, 0) is 12.8 Å². The minimum absolute atomic E-state index is 0.110. The van der Waals surface area contributed by atoms with Gasteiger partial charge in [0.05, 0.1) is 5.69 Å². The Labute approximate surface area is 73.6 Å². The van der Waals surface area contributed by atoms with E-state index in [1.54, 1.807) is 0 Å². The highest BCUT2D eigenvalue weighted by Gasteiger charge is 2.14. The molecule has 0 aliphatic heterocycles. The summed E-state index contributed by atoms with van der Waals surface area (Å²) in [5, 5.41) is 4.25. The van der Waals surface area contributed by atoms with E-state index in [2.05, 4.69) is 18.9 Å². The maximum absolute atomic E-state index is 6.00. The predicted molar refractivity (Wildman–Crippen MR) is 49.7 cm³/mol. The van der Waals surface area contributed by atoms with Crippen LogP contribution in [0.5, 0.6) is 0 Å². The van der Waals surface area contributed by atoms with Crippen LogP contribution in [0.1, 0.15) is 31.1 Å². The molecule has 0 saturated heterocycles. The molecule has 0 aromatic carbocycles. The first-order valence-corrected chi connectivity index (χ1v) is 4.28.